The fraction of sp³-hybridized carbons (Fsp3) is 0.571. The zero-order valence-electron chi connectivity index (χ0n) is 12.3. The van der Waals surface area contributed by atoms with E-state index < -0.39 is 5.97 Å². The molecule has 0 aliphatic heterocycles. The minimum Gasteiger partial charge on any atom is -0.481 e. The Hall–Kier alpha value is -1.98. The number of hydrogen-bond acceptors (Lipinski definition) is 4. The number of carboxylic acids is 1. The number of aromatic nitrogens is 2. The summed E-state index contributed by atoms with van der Waals surface area (Å²) in [6.45, 7) is 7.45. The van der Waals surface area contributed by atoms with Gasteiger partial charge in [0.15, 0.2) is 0 Å². The van der Waals surface area contributed by atoms with Crippen LogP contribution in [0.5, 0.6) is 0 Å². The number of nitrogens with one attached hydrogen (secondary N) is 1. The van der Waals surface area contributed by atoms with Crippen LogP contribution in [0.25, 0.3) is 0 Å². The summed E-state index contributed by atoms with van der Waals surface area (Å²) in [5.41, 5.74) is 1.61. The minimum atomic E-state index is -0.922. The van der Waals surface area contributed by atoms with Crippen LogP contribution in [0.3, 0.4) is 0 Å². The molecule has 20 heavy (non-hydrogen) atoms. The third-order valence-electron chi connectivity index (χ3n) is 2.97. The van der Waals surface area contributed by atoms with E-state index in [9.17, 15) is 9.59 Å². The van der Waals surface area contributed by atoms with Gasteiger partial charge in [0.25, 0.3) is 5.91 Å². The third kappa shape index (κ3) is 4.60. The average molecular weight is 279 g/mol. The molecule has 0 radical (unpaired) electrons. The van der Waals surface area contributed by atoms with Crippen molar-refractivity contribution in [2.24, 2.45) is 5.92 Å². The molecule has 6 heteroatoms. The van der Waals surface area contributed by atoms with Gasteiger partial charge in [0.2, 0.25) is 0 Å². The molecule has 0 spiro atoms. The second kappa shape index (κ2) is 6.98. The summed E-state index contributed by atoms with van der Waals surface area (Å²) in [5.74, 6) is -0.935. The van der Waals surface area contributed by atoms with Gasteiger partial charge in [-0.2, -0.15) is 0 Å². The molecular weight excluding hydrogens is 258 g/mol. The summed E-state index contributed by atoms with van der Waals surface area (Å²) in [6, 6.07) is -0.390. The van der Waals surface area contributed by atoms with E-state index in [1.54, 1.807) is 13.8 Å². The van der Waals surface area contributed by atoms with E-state index in [-0.39, 0.29) is 18.4 Å². The summed E-state index contributed by atoms with van der Waals surface area (Å²) >= 11 is 0. The zero-order valence-corrected chi connectivity index (χ0v) is 12.3. The van der Waals surface area contributed by atoms with Crippen LogP contribution in [0, 0.1) is 19.8 Å². The van der Waals surface area contributed by atoms with Gasteiger partial charge in [0.05, 0.1) is 23.4 Å². The number of nitrogens with zero attached hydrogens (tertiary/aromatic N) is 2. The first-order valence-electron chi connectivity index (χ1n) is 6.62. The number of hydrogen-bond donors (Lipinski definition) is 2. The van der Waals surface area contributed by atoms with Crippen molar-refractivity contribution in [3.8, 4) is 0 Å². The fourth-order valence-corrected chi connectivity index (χ4v) is 2.15. The maximum absolute atomic E-state index is 12.3. The van der Waals surface area contributed by atoms with Crippen LogP contribution in [0.2, 0.25) is 0 Å². The van der Waals surface area contributed by atoms with E-state index in [4.69, 9.17) is 5.11 Å². The highest BCUT2D eigenvalue weighted by atomic mass is 16.4. The van der Waals surface area contributed by atoms with Crippen LogP contribution >= 0.6 is 0 Å². The second-order valence-electron chi connectivity index (χ2n) is 5.32. The lowest BCUT2D eigenvalue weighted by atomic mass is 10.0. The predicted octanol–water partition coefficient (Wildman–Crippen LogP) is 1.71. The predicted molar refractivity (Wildman–Crippen MR) is 74.5 cm³/mol. The van der Waals surface area contributed by atoms with Crippen molar-refractivity contribution >= 4 is 11.9 Å². The van der Waals surface area contributed by atoms with Gasteiger partial charge in [-0.3, -0.25) is 9.59 Å². The van der Waals surface area contributed by atoms with Crippen molar-refractivity contribution < 1.29 is 14.7 Å². The molecule has 0 bridgehead atoms. The lowest BCUT2D eigenvalue weighted by Gasteiger charge is -2.19. The van der Waals surface area contributed by atoms with E-state index in [1.165, 1.54) is 6.33 Å². The zero-order chi connectivity index (χ0) is 15.3. The highest BCUT2D eigenvalue weighted by Crippen LogP contribution is 2.12. The summed E-state index contributed by atoms with van der Waals surface area (Å²) < 4.78 is 0. The molecule has 0 aliphatic carbocycles. The van der Waals surface area contributed by atoms with Crippen molar-refractivity contribution in [2.45, 2.75) is 46.6 Å². The first kappa shape index (κ1) is 16.1. The van der Waals surface area contributed by atoms with Crippen LogP contribution in [0.1, 0.15) is 48.4 Å². The number of carboxylic acid groups (broad SMARTS) is 1. The van der Waals surface area contributed by atoms with Crippen LogP contribution < -0.4 is 5.32 Å². The van der Waals surface area contributed by atoms with E-state index in [1.807, 2.05) is 13.8 Å². The standard InChI is InChI=1S/C14H21N3O3/c1-8(2)5-11(6-12(18)19)17-14(20)13-9(3)15-7-16-10(13)4/h7-8,11H,5-6H2,1-4H3,(H,17,20)(H,18,19). The van der Waals surface area contributed by atoms with Crippen LogP contribution in [0.4, 0.5) is 0 Å². The van der Waals surface area contributed by atoms with E-state index in [0.717, 1.165) is 0 Å². The average Bonchev–Trinajstić information content (AvgIpc) is 2.26. The molecule has 2 N–H and O–H groups in total. The molecule has 6 nitrogen and oxygen atoms in total. The Morgan fingerprint density at radius 3 is 2.25 bits per heavy atom. The smallest absolute Gasteiger partial charge is 0.305 e. The van der Waals surface area contributed by atoms with Crippen molar-refractivity contribution in [3.63, 3.8) is 0 Å². The number of carbonyl (C=O) groups is 2. The molecule has 0 fully saturated rings. The van der Waals surface area contributed by atoms with E-state index >= 15 is 0 Å². The van der Waals surface area contributed by atoms with Crippen molar-refractivity contribution in [1.29, 1.82) is 0 Å². The Kier molecular flexibility index (Phi) is 5.61. The SMILES string of the molecule is Cc1ncnc(C)c1C(=O)NC(CC(=O)O)CC(C)C. The molecule has 110 valence electrons. The van der Waals surface area contributed by atoms with Crippen molar-refractivity contribution in [3.05, 3.63) is 23.3 Å². The van der Waals surface area contributed by atoms with Gasteiger partial charge in [-0.05, 0) is 26.2 Å². The van der Waals surface area contributed by atoms with Crippen LogP contribution in [-0.4, -0.2) is 33.0 Å². The lowest BCUT2D eigenvalue weighted by Crippen LogP contribution is -2.38. The number of carbonyl (C=O) groups excluding carboxylic acids is 1. The number of aliphatic carboxylic acids is 1. The highest BCUT2D eigenvalue weighted by molar-refractivity contribution is 5.96. The van der Waals surface area contributed by atoms with Gasteiger partial charge in [0.1, 0.15) is 6.33 Å². The Bertz CT molecular complexity index is 480. The van der Waals surface area contributed by atoms with Gasteiger partial charge in [-0.15, -0.1) is 0 Å². The monoisotopic (exact) mass is 279 g/mol. The number of aryl methyl sites for hydroxylation is 2. The normalized spacial score (nSPS) is 12.2. The number of rotatable bonds is 6. The third-order valence-corrected chi connectivity index (χ3v) is 2.97. The molecule has 1 rings (SSSR count). The minimum absolute atomic E-state index is 0.0876. The molecule has 1 aromatic rings. The summed E-state index contributed by atoms with van der Waals surface area (Å²) in [6.07, 6.45) is 1.93. The fourth-order valence-electron chi connectivity index (χ4n) is 2.15. The Balaban J connectivity index is 2.87. The Morgan fingerprint density at radius 2 is 1.80 bits per heavy atom. The molecule has 1 aromatic heterocycles. The van der Waals surface area contributed by atoms with Gasteiger partial charge < -0.3 is 10.4 Å². The highest BCUT2D eigenvalue weighted by Gasteiger charge is 2.21. The van der Waals surface area contributed by atoms with E-state index in [0.29, 0.717) is 29.3 Å². The quantitative estimate of drug-likeness (QED) is 0.827. The van der Waals surface area contributed by atoms with Gasteiger partial charge >= 0.3 is 5.97 Å². The van der Waals surface area contributed by atoms with Gasteiger partial charge in [0, 0.05) is 6.04 Å². The molecule has 1 unspecified atom stereocenters. The first-order chi connectivity index (χ1) is 9.31. The first-order valence-corrected chi connectivity index (χ1v) is 6.62. The molecule has 0 saturated carbocycles. The Labute approximate surface area is 118 Å². The Morgan fingerprint density at radius 1 is 1.25 bits per heavy atom. The molecule has 0 saturated heterocycles. The number of amides is 1. The molecule has 0 aromatic carbocycles. The topological polar surface area (TPSA) is 92.2 Å². The molecule has 1 amide bonds. The van der Waals surface area contributed by atoms with Crippen LogP contribution in [-0.2, 0) is 4.79 Å². The van der Waals surface area contributed by atoms with E-state index in [2.05, 4.69) is 15.3 Å². The van der Waals surface area contributed by atoms with Crippen molar-refractivity contribution in [2.75, 3.05) is 0 Å². The largest absolute Gasteiger partial charge is 0.481 e. The maximum Gasteiger partial charge on any atom is 0.305 e. The molecule has 1 atom stereocenters. The van der Waals surface area contributed by atoms with Crippen LogP contribution in [0.15, 0.2) is 6.33 Å². The summed E-state index contributed by atoms with van der Waals surface area (Å²) in [5, 5.41) is 11.7. The molecule has 1 heterocycles. The molecular formula is C14H21N3O3. The summed E-state index contributed by atoms with van der Waals surface area (Å²) in [7, 11) is 0. The lowest BCUT2D eigenvalue weighted by molar-refractivity contribution is -0.137. The van der Waals surface area contributed by atoms with Gasteiger partial charge in [-0.1, -0.05) is 13.8 Å². The summed E-state index contributed by atoms with van der Waals surface area (Å²) in [4.78, 5) is 31.1. The van der Waals surface area contributed by atoms with Crippen molar-refractivity contribution in [1.82, 2.24) is 15.3 Å². The maximum atomic E-state index is 12.3. The van der Waals surface area contributed by atoms with Gasteiger partial charge in [-0.25, -0.2) is 9.97 Å². The second-order valence-corrected chi connectivity index (χ2v) is 5.32. The molecule has 0 aliphatic rings.